The molecule has 2 N–H and O–H groups in total. The highest BCUT2D eigenvalue weighted by Crippen LogP contribution is 2.28. The van der Waals surface area contributed by atoms with Crippen molar-refractivity contribution in [1.29, 1.82) is 0 Å². The summed E-state index contributed by atoms with van der Waals surface area (Å²) in [5, 5.41) is 14.2. The number of aliphatic hydroxyl groups is 1. The zero-order chi connectivity index (χ0) is 19.8. The standard InChI is InChI=1S/C20H28N4O4/c1-26-10-11-28-18-12-16(4-5-17(18)27-2)13-21-14-20(25)6-9-24(15-20)19-22-7-3-8-23-19/h3-5,7-8,12,21,25H,6,9-11,13-15H2,1-2H3/t20-/m1/s1. The quantitative estimate of drug-likeness (QED) is 0.588. The number of aromatic nitrogens is 2. The Morgan fingerprint density at radius 2 is 2.00 bits per heavy atom. The molecule has 2 heterocycles. The Labute approximate surface area is 165 Å². The van der Waals surface area contributed by atoms with Crippen LogP contribution in [0.1, 0.15) is 12.0 Å². The summed E-state index contributed by atoms with van der Waals surface area (Å²) in [5.41, 5.74) is 0.252. The van der Waals surface area contributed by atoms with Crippen LogP contribution in [0.15, 0.2) is 36.7 Å². The third-order valence-electron chi connectivity index (χ3n) is 4.72. The number of benzene rings is 1. The second kappa shape index (κ2) is 9.68. The van der Waals surface area contributed by atoms with Crippen LogP contribution in [0.3, 0.4) is 0 Å². The van der Waals surface area contributed by atoms with Crippen LogP contribution >= 0.6 is 0 Å². The number of rotatable bonds is 10. The fraction of sp³-hybridized carbons (Fsp3) is 0.500. The van der Waals surface area contributed by atoms with Crippen molar-refractivity contribution in [3.8, 4) is 11.5 Å². The van der Waals surface area contributed by atoms with E-state index in [9.17, 15) is 5.11 Å². The first-order valence-corrected chi connectivity index (χ1v) is 9.37. The summed E-state index contributed by atoms with van der Waals surface area (Å²) in [7, 11) is 3.26. The first-order valence-electron chi connectivity index (χ1n) is 9.37. The minimum Gasteiger partial charge on any atom is -0.493 e. The number of hydrogen-bond donors (Lipinski definition) is 2. The molecule has 1 atom stereocenters. The lowest BCUT2D eigenvalue weighted by atomic mass is 10.0. The average Bonchev–Trinajstić information content (AvgIpc) is 3.11. The summed E-state index contributed by atoms with van der Waals surface area (Å²) in [5.74, 6) is 2.03. The van der Waals surface area contributed by atoms with Crippen molar-refractivity contribution < 1.29 is 19.3 Å². The number of methoxy groups -OCH3 is 2. The van der Waals surface area contributed by atoms with Gasteiger partial charge in [0.1, 0.15) is 6.61 Å². The maximum Gasteiger partial charge on any atom is 0.225 e. The normalized spacial score (nSPS) is 19.0. The van der Waals surface area contributed by atoms with Crippen molar-refractivity contribution in [2.75, 3.05) is 52.0 Å². The summed E-state index contributed by atoms with van der Waals surface area (Å²) in [6.07, 6.45) is 4.11. The average molecular weight is 388 g/mol. The molecule has 1 aromatic carbocycles. The minimum atomic E-state index is -0.802. The van der Waals surface area contributed by atoms with Crippen molar-refractivity contribution in [1.82, 2.24) is 15.3 Å². The molecule has 2 aromatic rings. The van der Waals surface area contributed by atoms with E-state index in [-0.39, 0.29) is 0 Å². The molecule has 1 saturated heterocycles. The van der Waals surface area contributed by atoms with Gasteiger partial charge in [-0.15, -0.1) is 0 Å². The highest BCUT2D eigenvalue weighted by Gasteiger charge is 2.36. The van der Waals surface area contributed by atoms with Crippen LogP contribution in [0.2, 0.25) is 0 Å². The summed E-state index contributed by atoms with van der Waals surface area (Å²) < 4.78 is 16.1. The van der Waals surface area contributed by atoms with E-state index in [1.807, 2.05) is 23.1 Å². The molecule has 0 unspecified atom stereocenters. The number of nitrogens with one attached hydrogen (secondary N) is 1. The summed E-state index contributed by atoms with van der Waals surface area (Å²) in [6.45, 7) is 3.33. The Bertz CT molecular complexity index is 746. The maximum absolute atomic E-state index is 10.9. The Kier molecular flexibility index (Phi) is 7.02. The van der Waals surface area contributed by atoms with Gasteiger partial charge >= 0.3 is 0 Å². The second-order valence-corrected chi connectivity index (χ2v) is 6.87. The van der Waals surface area contributed by atoms with Gasteiger partial charge in [-0.05, 0) is 30.2 Å². The largest absolute Gasteiger partial charge is 0.493 e. The first kappa shape index (κ1) is 20.3. The Hall–Kier alpha value is -2.42. The van der Waals surface area contributed by atoms with Crippen molar-refractivity contribution in [2.45, 2.75) is 18.6 Å². The lowest BCUT2D eigenvalue weighted by molar-refractivity contribution is 0.0626. The molecule has 1 aromatic heterocycles. The van der Waals surface area contributed by atoms with E-state index in [1.165, 1.54) is 0 Å². The Morgan fingerprint density at radius 3 is 2.75 bits per heavy atom. The smallest absolute Gasteiger partial charge is 0.225 e. The highest BCUT2D eigenvalue weighted by atomic mass is 16.5. The second-order valence-electron chi connectivity index (χ2n) is 6.87. The van der Waals surface area contributed by atoms with Crippen LogP contribution < -0.4 is 19.7 Å². The maximum atomic E-state index is 10.9. The Balaban J connectivity index is 1.52. The van der Waals surface area contributed by atoms with E-state index in [0.717, 1.165) is 12.1 Å². The predicted octanol–water partition coefficient (Wildman–Crippen LogP) is 1.24. The number of hydrogen-bond acceptors (Lipinski definition) is 8. The molecule has 0 aliphatic carbocycles. The molecule has 0 amide bonds. The topological polar surface area (TPSA) is 89.0 Å². The monoisotopic (exact) mass is 388 g/mol. The van der Waals surface area contributed by atoms with Gasteiger partial charge in [-0.2, -0.15) is 0 Å². The Morgan fingerprint density at radius 1 is 1.18 bits per heavy atom. The third-order valence-corrected chi connectivity index (χ3v) is 4.72. The molecule has 0 radical (unpaired) electrons. The van der Waals surface area contributed by atoms with Gasteiger partial charge in [0.15, 0.2) is 11.5 Å². The lowest BCUT2D eigenvalue weighted by Crippen LogP contribution is -2.43. The SMILES string of the molecule is COCCOc1cc(CNC[C@]2(O)CCN(c3ncccn3)C2)ccc1OC. The molecule has 152 valence electrons. The molecule has 28 heavy (non-hydrogen) atoms. The molecular weight excluding hydrogens is 360 g/mol. The molecule has 1 aliphatic rings. The van der Waals surface area contributed by atoms with E-state index < -0.39 is 5.60 Å². The van der Waals surface area contributed by atoms with Gasteiger partial charge in [-0.25, -0.2) is 9.97 Å². The predicted molar refractivity (Wildman–Crippen MR) is 106 cm³/mol. The summed E-state index contributed by atoms with van der Waals surface area (Å²) in [6, 6.07) is 7.61. The van der Waals surface area contributed by atoms with Crippen LogP contribution in [0.5, 0.6) is 11.5 Å². The van der Waals surface area contributed by atoms with E-state index in [1.54, 1.807) is 32.7 Å². The van der Waals surface area contributed by atoms with Gasteiger partial charge in [0, 0.05) is 39.1 Å². The lowest BCUT2D eigenvalue weighted by Gasteiger charge is -2.24. The zero-order valence-corrected chi connectivity index (χ0v) is 16.4. The van der Waals surface area contributed by atoms with Gasteiger partial charge in [-0.1, -0.05) is 6.07 Å². The van der Waals surface area contributed by atoms with Gasteiger partial charge in [0.25, 0.3) is 0 Å². The summed E-state index contributed by atoms with van der Waals surface area (Å²) >= 11 is 0. The van der Waals surface area contributed by atoms with Crippen LogP contribution in [0.4, 0.5) is 5.95 Å². The van der Waals surface area contributed by atoms with Crippen LogP contribution in [-0.2, 0) is 11.3 Å². The van der Waals surface area contributed by atoms with Crippen molar-refractivity contribution in [2.24, 2.45) is 0 Å². The molecule has 0 spiro atoms. The third kappa shape index (κ3) is 5.31. The molecule has 8 nitrogen and oxygen atoms in total. The highest BCUT2D eigenvalue weighted by molar-refractivity contribution is 5.43. The van der Waals surface area contributed by atoms with Gasteiger partial charge in [0.2, 0.25) is 5.95 Å². The zero-order valence-electron chi connectivity index (χ0n) is 16.4. The van der Waals surface area contributed by atoms with E-state index in [2.05, 4.69) is 15.3 Å². The van der Waals surface area contributed by atoms with E-state index in [0.29, 0.717) is 56.7 Å². The fourth-order valence-corrected chi connectivity index (χ4v) is 3.24. The van der Waals surface area contributed by atoms with Crippen LogP contribution in [-0.4, -0.2) is 67.7 Å². The first-order chi connectivity index (χ1) is 13.6. The van der Waals surface area contributed by atoms with Crippen molar-refractivity contribution >= 4 is 5.95 Å². The van der Waals surface area contributed by atoms with Gasteiger partial charge in [-0.3, -0.25) is 0 Å². The molecular formula is C20H28N4O4. The molecule has 1 aliphatic heterocycles. The molecule has 0 saturated carbocycles. The number of ether oxygens (including phenoxy) is 3. The number of anilines is 1. The molecule has 3 rings (SSSR count). The molecule has 8 heteroatoms. The van der Waals surface area contributed by atoms with Crippen molar-refractivity contribution in [3.05, 3.63) is 42.2 Å². The van der Waals surface area contributed by atoms with Crippen LogP contribution in [0, 0.1) is 0 Å². The fourth-order valence-electron chi connectivity index (χ4n) is 3.24. The van der Waals surface area contributed by atoms with E-state index in [4.69, 9.17) is 14.2 Å². The minimum absolute atomic E-state index is 0.459. The number of nitrogens with zero attached hydrogens (tertiary/aromatic N) is 3. The van der Waals surface area contributed by atoms with Gasteiger partial charge < -0.3 is 29.5 Å². The van der Waals surface area contributed by atoms with Gasteiger partial charge in [0.05, 0.1) is 25.9 Å². The van der Waals surface area contributed by atoms with E-state index >= 15 is 0 Å². The molecule has 0 bridgehead atoms. The number of β-amino-alcohol motifs (C(OH)–C–C–N with tert-alkyl or cyclic N) is 1. The van der Waals surface area contributed by atoms with Crippen molar-refractivity contribution in [3.63, 3.8) is 0 Å². The molecule has 1 fully saturated rings. The summed E-state index contributed by atoms with van der Waals surface area (Å²) in [4.78, 5) is 10.5. The van der Waals surface area contributed by atoms with Crippen LogP contribution in [0.25, 0.3) is 0 Å².